The Morgan fingerprint density at radius 1 is 1.39 bits per heavy atom. The fourth-order valence-electron chi connectivity index (χ4n) is 1.68. The first-order valence-electron chi connectivity index (χ1n) is 6.70. The average molecular weight is 336 g/mol. The number of hydrazone groups is 1. The van der Waals surface area contributed by atoms with E-state index in [4.69, 9.17) is 14.2 Å². The largest absolute Gasteiger partial charge is 0.497 e. The molecule has 0 radical (unpaired) electrons. The summed E-state index contributed by atoms with van der Waals surface area (Å²) >= 11 is 1.02. The van der Waals surface area contributed by atoms with Crippen molar-refractivity contribution in [2.45, 2.75) is 6.92 Å². The molecule has 0 aliphatic rings. The van der Waals surface area contributed by atoms with Crippen LogP contribution in [-0.4, -0.2) is 42.6 Å². The summed E-state index contributed by atoms with van der Waals surface area (Å²) in [4.78, 5) is 11.7. The van der Waals surface area contributed by atoms with E-state index >= 15 is 0 Å². The highest BCUT2D eigenvalue weighted by Crippen LogP contribution is 2.23. The minimum absolute atomic E-state index is 0.107. The molecule has 0 amide bonds. The Morgan fingerprint density at radius 2 is 2.22 bits per heavy atom. The summed E-state index contributed by atoms with van der Waals surface area (Å²) in [7, 11) is 3.14. The smallest absolute Gasteiger partial charge is 0.362 e. The first-order valence-corrected chi connectivity index (χ1v) is 7.47. The second kappa shape index (κ2) is 8.08. The lowest BCUT2D eigenvalue weighted by atomic mass is 10.2. The number of methoxy groups -OCH3 is 2. The molecule has 1 aromatic heterocycles. The number of carbonyl (C=O) groups excluding carboxylic acids is 1. The molecule has 0 aliphatic heterocycles. The molecule has 0 saturated heterocycles. The van der Waals surface area contributed by atoms with Crippen LogP contribution in [0.5, 0.6) is 11.5 Å². The Morgan fingerprint density at radius 3 is 2.91 bits per heavy atom. The number of esters is 1. The van der Waals surface area contributed by atoms with E-state index in [0.29, 0.717) is 16.5 Å². The van der Waals surface area contributed by atoms with Gasteiger partial charge >= 0.3 is 5.97 Å². The molecule has 0 saturated carbocycles. The summed E-state index contributed by atoms with van der Waals surface area (Å²) in [6.45, 7) is 1.99. The van der Waals surface area contributed by atoms with Gasteiger partial charge in [0.05, 0.1) is 27.0 Å². The van der Waals surface area contributed by atoms with Crippen LogP contribution in [0.1, 0.15) is 23.0 Å². The van der Waals surface area contributed by atoms with Gasteiger partial charge in [0.25, 0.3) is 0 Å². The van der Waals surface area contributed by atoms with Gasteiger partial charge in [-0.05, 0) is 19.1 Å². The zero-order valence-corrected chi connectivity index (χ0v) is 13.7. The number of nitrogens with one attached hydrogen (secondary N) is 1. The Bertz CT molecular complexity index is 702. The molecule has 1 N–H and O–H groups in total. The second-order valence-electron chi connectivity index (χ2n) is 4.15. The lowest BCUT2D eigenvalue weighted by Gasteiger charge is -2.06. The van der Waals surface area contributed by atoms with Crippen LogP contribution in [0.25, 0.3) is 0 Å². The Hall–Kier alpha value is -2.68. The summed E-state index contributed by atoms with van der Waals surface area (Å²) in [5.74, 6) is 0.757. The molecule has 1 heterocycles. The SMILES string of the molecule is CCOC(=O)c1nnsc1N/N=C/c1ccc(OC)cc1OC. The molecule has 2 aromatic rings. The quantitative estimate of drug-likeness (QED) is 0.470. The van der Waals surface area contributed by atoms with Crippen LogP contribution in [0.15, 0.2) is 23.3 Å². The average Bonchev–Trinajstić information content (AvgIpc) is 3.04. The molecule has 0 spiro atoms. The Balaban J connectivity index is 2.11. The molecule has 8 nitrogen and oxygen atoms in total. The summed E-state index contributed by atoms with van der Waals surface area (Å²) in [5.41, 5.74) is 3.59. The number of benzene rings is 1. The summed E-state index contributed by atoms with van der Waals surface area (Å²) < 4.78 is 19.0. The van der Waals surface area contributed by atoms with Gasteiger partial charge in [-0.3, -0.25) is 5.43 Å². The number of aromatic nitrogens is 2. The maximum Gasteiger partial charge on any atom is 0.362 e. The van der Waals surface area contributed by atoms with E-state index < -0.39 is 5.97 Å². The van der Waals surface area contributed by atoms with Crippen LogP contribution in [0.3, 0.4) is 0 Å². The molecule has 0 aliphatic carbocycles. The predicted molar refractivity (Wildman–Crippen MR) is 86.6 cm³/mol. The highest BCUT2D eigenvalue weighted by atomic mass is 32.1. The van der Waals surface area contributed by atoms with Crippen LogP contribution >= 0.6 is 11.5 Å². The number of hydrogen-bond acceptors (Lipinski definition) is 9. The van der Waals surface area contributed by atoms with Crippen molar-refractivity contribution in [1.29, 1.82) is 0 Å². The van der Waals surface area contributed by atoms with Gasteiger partial charge in [-0.2, -0.15) is 5.10 Å². The third-order valence-corrected chi connectivity index (χ3v) is 3.40. The number of ether oxygens (including phenoxy) is 3. The van der Waals surface area contributed by atoms with Gasteiger partial charge in [0, 0.05) is 23.2 Å². The first kappa shape index (κ1) is 16.7. The van der Waals surface area contributed by atoms with E-state index in [1.54, 1.807) is 45.6 Å². The van der Waals surface area contributed by atoms with Crippen molar-refractivity contribution in [1.82, 2.24) is 9.59 Å². The second-order valence-corrected chi connectivity index (χ2v) is 4.90. The molecule has 1 aromatic carbocycles. The van der Waals surface area contributed by atoms with Crippen LogP contribution in [0.2, 0.25) is 0 Å². The zero-order chi connectivity index (χ0) is 16.7. The standard InChI is InChI=1S/C14H16N4O4S/c1-4-22-14(19)12-13(23-18-16-12)17-15-8-9-5-6-10(20-2)7-11(9)21-3/h5-8,17H,4H2,1-3H3/b15-8+. The van der Waals surface area contributed by atoms with Gasteiger partial charge in [0.1, 0.15) is 11.5 Å². The third-order valence-electron chi connectivity index (χ3n) is 2.77. The zero-order valence-electron chi connectivity index (χ0n) is 12.9. The maximum absolute atomic E-state index is 11.7. The van der Waals surface area contributed by atoms with Gasteiger partial charge < -0.3 is 14.2 Å². The van der Waals surface area contributed by atoms with E-state index in [1.807, 2.05) is 0 Å². The topological polar surface area (TPSA) is 94.9 Å². The number of anilines is 1. The predicted octanol–water partition coefficient (Wildman–Crippen LogP) is 2.18. The van der Waals surface area contributed by atoms with E-state index in [0.717, 1.165) is 17.1 Å². The Kier molecular flexibility index (Phi) is 5.87. The van der Waals surface area contributed by atoms with Crippen molar-refractivity contribution >= 4 is 28.7 Å². The molecule has 122 valence electrons. The van der Waals surface area contributed by atoms with Gasteiger partial charge in [-0.15, -0.1) is 5.10 Å². The van der Waals surface area contributed by atoms with E-state index in [2.05, 4.69) is 20.1 Å². The maximum atomic E-state index is 11.7. The molecular weight excluding hydrogens is 320 g/mol. The van der Waals surface area contributed by atoms with Crippen LogP contribution in [0.4, 0.5) is 5.00 Å². The van der Waals surface area contributed by atoms with Crippen LogP contribution in [0, 0.1) is 0 Å². The molecule has 0 unspecified atom stereocenters. The Labute approximate surface area is 137 Å². The number of rotatable bonds is 7. The number of nitrogens with zero attached hydrogens (tertiary/aromatic N) is 3. The van der Waals surface area contributed by atoms with Crippen molar-refractivity contribution in [2.24, 2.45) is 5.10 Å². The van der Waals surface area contributed by atoms with Gasteiger partial charge in [-0.1, -0.05) is 4.49 Å². The molecule has 2 rings (SSSR count). The van der Waals surface area contributed by atoms with Crippen molar-refractivity contribution in [3.8, 4) is 11.5 Å². The van der Waals surface area contributed by atoms with Crippen LogP contribution < -0.4 is 14.9 Å². The summed E-state index contributed by atoms with van der Waals surface area (Å²) in [6, 6.07) is 5.35. The summed E-state index contributed by atoms with van der Waals surface area (Å²) in [6.07, 6.45) is 1.56. The summed E-state index contributed by atoms with van der Waals surface area (Å²) in [5, 5.41) is 8.22. The van der Waals surface area contributed by atoms with Crippen molar-refractivity contribution in [2.75, 3.05) is 26.3 Å². The lowest BCUT2D eigenvalue weighted by molar-refractivity contribution is 0.0520. The molecule has 0 fully saturated rings. The van der Waals surface area contributed by atoms with Gasteiger partial charge in [0.15, 0.2) is 5.00 Å². The fourth-order valence-corrected chi connectivity index (χ4v) is 2.19. The molecule has 0 atom stereocenters. The molecule has 0 bridgehead atoms. The number of carbonyl (C=O) groups is 1. The number of hydrogen-bond donors (Lipinski definition) is 1. The monoisotopic (exact) mass is 336 g/mol. The van der Waals surface area contributed by atoms with Gasteiger partial charge in [0.2, 0.25) is 5.69 Å². The van der Waals surface area contributed by atoms with E-state index in [9.17, 15) is 4.79 Å². The minimum atomic E-state index is -0.541. The minimum Gasteiger partial charge on any atom is -0.497 e. The van der Waals surface area contributed by atoms with Crippen molar-refractivity contribution in [3.63, 3.8) is 0 Å². The third kappa shape index (κ3) is 4.16. The van der Waals surface area contributed by atoms with E-state index in [-0.39, 0.29) is 12.3 Å². The van der Waals surface area contributed by atoms with Crippen molar-refractivity contribution in [3.05, 3.63) is 29.5 Å². The normalized spacial score (nSPS) is 10.6. The highest BCUT2D eigenvalue weighted by Gasteiger charge is 2.17. The van der Waals surface area contributed by atoms with Gasteiger partial charge in [-0.25, -0.2) is 4.79 Å². The lowest BCUT2D eigenvalue weighted by Crippen LogP contribution is -2.07. The van der Waals surface area contributed by atoms with Crippen LogP contribution in [-0.2, 0) is 4.74 Å². The molecule has 23 heavy (non-hydrogen) atoms. The van der Waals surface area contributed by atoms with E-state index in [1.165, 1.54) is 0 Å². The molecular formula is C14H16N4O4S. The highest BCUT2D eigenvalue weighted by molar-refractivity contribution is 7.10. The fraction of sp³-hybridized carbons (Fsp3) is 0.286. The first-order chi connectivity index (χ1) is 11.2. The molecule has 9 heteroatoms. The van der Waals surface area contributed by atoms with Crippen molar-refractivity contribution < 1.29 is 19.0 Å².